The number of thiophene rings is 1. The Morgan fingerprint density at radius 1 is 1.41 bits per heavy atom. The Kier molecular flexibility index (Phi) is 3.78. The second-order valence-electron chi connectivity index (χ2n) is 5.78. The van der Waals surface area contributed by atoms with Crippen molar-refractivity contribution in [2.45, 2.75) is 19.8 Å². The first-order valence-corrected chi connectivity index (χ1v) is 8.56. The first-order valence-electron chi connectivity index (χ1n) is 7.68. The lowest BCUT2D eigenvalue weighted by atomic mass is 10.1. The summed E-state index contributed by atoms with van der Waals surface area (Å²) in [7, 11) is 1.30. The predicted octanol–water partition coefficient (Wildman–Crippen LogP) is 3.43. The first kappa shape index (κ1) is 17.2. The summed E-state index contributed by atoms with van der Waals surface area (Å²) < 4.78 is 41.8. The van der Waals surface area contributed by atoms with Gasteiger partial charge in [0.05, 0.1) is 30.3 Å². The normalized spacial score (nSPS) is 14.3. The number of hydrogen-bond acceptors (Lipinski definition) is 7. The zero-order valence-electron chi connectivity index (χ0n) is 14.1. The molecule has 0 N–H and O–H groups in total. The average Bonchev–Trinajstić information content (AvgIpc) is 3.25. The van der Waals surface area contributed by atoms with Crippen LogP contribution in [0.1, 0.15) is 26.6 Å². The maximum absolute atomic E-state index is 13.3. The van der Waals surface area contributed by atoms with Gasteiger partial charge in [0.2, 0.25) is 5.82 Å². The summed E-state index contributed by atoms with van der Waals surface area (Å²) in [5.41, 5.74) is 1.94. The average molecular weight is 391 g/mol. The van der Waals surface area contributed by atoms with E-state index >= 15 is 0 Å². The minimum absolute atomic E-state index is 0.104. The number of aromatic nitrogens is 2. The number of imidazole rings is 1. The molecule has 3 heterocycles. The summed E-state index contributed by atoms with van der Waals surface area (Å²) >= 11 is 1.34. The number of halogens is 2. The van der Waals surface area contributed by atoms with Gasteiger partial charge in [-0.25, -0.2) is 9.78 Å². The Labute approximate surface area is 155 Å². The van der Waals surface area contributed by atoms with Gasteiger partial charge < -0.3 is 18.8 Å². The summed E-state index contributed by atoms with van der Waals surface area (Å²) in [5.74, 6) is -0.609. The van der Waals surface area contributed by atoms with Gasteiger partial charge in [0.15, 0.2) is 11.5 Å². The minimum Gasteiger partial charge on any atom is -0.465 e. The number of methoxy groups -OCH3 is 1. The van der Waals surface area contributed by atoms with Crippen molar-refractivity contribution in [3.8, 4) is 17.6 Å². The molecule has 0 atom stereocenters. The second-order valence-corrected chi connectivity index (χ2v) is 6.74. The summed E-state index contributed by atoms with van der Waals surface area (Å²) in [5, 5.41) is 11.1. The van der Waals surface area contributed by atoms with Gasteiger partial charge in [-0.1, -0.05) is 0 Å². The highest BCUT2D eigenvalue weighted by Gasteiger charge is 2.44. The van der Waals surface area contributed by atoms with Gasteiger partial charge in [0, 0.05) is 22.4 Å². The molecule has 0 spiro atoms. The molecule has 1 aliphatic rings. The fourth-order valence-corrected chi connectivity index (χ4v) is 3.91. The quantitative estimate of drug-likeness (QED) is 0.636. The molecular formula is C17H11F2N3O4S. The zero-order valence-corrected chi connectivity index (χ0v) is 14.9. The molecule has 0 bridgehead atoms. The van der Waals surface area contributed by atoms with E-state index in [0.29, 0.717) is 16.6 Å². The van der Waals surface area contributed by atoms with Crippen LogP contribution in [0.3, 0.4) is 0 Å². The smallest absolute Gasteiger partial charge is 0.465 e. The van der Waals surface area contributed by atoms with Crippen LogP contribution in [-0.4, -0.2) is 28.9 Å². The number of esters is 1. The molecule has 0 saturated carbocycles. The van der Waals surface area contributed by atoms with Crippen LogP contribution in [0.2, 0.25) is 0 Å². The molecule has 0 amide bonds. The molecule has 0 aliphatic carbocycles. The van der Waals surface area contributed by atoms with Crippen molar-refractivity contribution >= 4 is 28.3 Å². The van der Waals surface area contributed by atoms with Gasteiger partial charge in [-0.3, -0.25) is 0 Å². The molecule has 0 radical (unpaired) electrons. The van der Waals surface area contributed by atoms with Crippen molar-refractivity contribution in [2.24, 2.45) is 0 Å². The number of carbonyl (C=O) groups is 1. The Balaban J connectivity index is 1.79. The SMILES string of the molecule is COC(=O)c1csc(Cn2c(C#N)nc3cc4c(cc32)OC(F)(F)O4)c1C. The van der Waals surface area contributed by atoms with Gasteiger partial charge in [-0.05, 0) is 12.5 Å². The molecule has 1 aromatic carbocycles. The van der Waals surface area contributed by atoms with E-state index in [2.05, 4.69) is 14.5 Å². The Morgan fingerprint density at radius 3 is 2.78 bits per heavy atom. The number of nitrogens with zero attached hydrogens (tertiary/aromatic N) is 3. The van der Waals surface area contributed by atoms with E-state index in [0.717, 1.165) is 10.4 Å². The number of carbonyl (C=O) groups excluding carboxylic acids is 1. The lowest BCUT2D eigenvalue weighted by molar-refractivity contribution is -0.286. The zero-order chi connectivity index (χ0) is 19.3. The molecule has 2 aromatic heterocycles. The number of benzene rings is 1. The van der Waals surface area contributed by atoms with E-state index in [4.69, 9.17) is 4.74 Å². The van der Waals surface area contributed by atoms with Crippen molar-refractivity contribution in [1.29, 1.82) is 5.26 Å². The minimum atomic E-state index is -3.73. The van der Waals surface area contributed by atoms with Crippen LogP contribution >= 0.6 is 11.3 Å². The van der Waals surface area contributed by atoms with Crippen LogP contribution in [0.5, 0.6) is 11.5 Å². The van der Waals surface area contributed by atoms with Crippen molar-refractivity contribution in [3.63, 3.8) is 0 Å². The molecular weight excluding hydrogens is 380 g/mol. The summed E-state index contributed by atoms with van der Waals surface area (Å²) in [6, 6.07) is 4.67. The molecule has 27 heavy (non-hydrogen) atoms. The molecule has 138 valence electrons. The third-order valence-electron chi connectivity index (χ3n) is 4.22. The fraction of sp³-hybridized carbons (Fsp3) is 0.235. The first-order chi connectivity index (χ1) is 12.8. The fourth-order valence-electron chi connectivity index (χ4n) is 2.88. The van der Waals surface area contributed by atoms with Crippen molar-refractivity contribution in [1.82, 2.24) is 9.55 Å². The van der Waals surface area contributed by atoms with Gasteiger partial charge in [0.25, 0.3) is 0 Å². The molecule has 3 aromatic rings. The summed E-state index contributed by atoms with van der Waals surface area (Å²) in [6.07, 6.45) is -3.73. The maximum Gasteiger partial charge on any atom is 0.586 e. The van der Waals surface area contributed by atoms with Gasteiger partial charge in [-0.2, -0.15) is 5.26 Å². The summed E-state index contributed by atoms with van der Waals surface area (Å²) in [6.45, 7) is 2.02. The van der Waals surface area contributed by atoms with Crippen LogP contribution < -0.4 is 9.47 Å². The Hall–Kier alpha value is -3.19. The third-order valence-corrected chi connectivity index (χ3v) is 5.29. The van der Waals surface area contributed by atoms with E-state index < -0.39 is 12.3 Å². The highest BCUT2D eigenvalue weighted by Crippen LogP contribution is 2.43. The maximum atomic E-state index is 13.3. The standard InChI is InChI=1S/C17H11F2N3O4S/c1-8-9(16(23)24-2)7-27-14(8)6-22-11-4-13-12(25-17(18,19)26-13)3-10(11)21-15(22)5-20/h3-4,7H,6H2,1-2H3. The van der Waals surface area contributed by atoms with Gasteiger partial charge in [0.1, 0.15) is 6.07 Å². The van der Waals surface area contributed by atoms with E-state index in [1.807, 2.05) is 6.07 Å². The van der Waals surface area contributed by atoms with E-state index in [1.54, 1.807) is 16.9 Å². The van der Waals surface area contributed by atoms with Crippen molar-refractivity contribution in [3.05, 3.63) is 39.3 Å². The second kappa shape index (κ2) is 5.92. The van der Waals surface area contributed by atoms with Crippen molar-refractivity contribution in [2.75, 3.05) is 7.11 Å². The number of alkyl halides is 2. The Bertz CT molecular complexity index is 1130. The van der Waals surface area contributed by atoms with E-state index in [-0.39, 0.29) is 23.9 Å². The molecule has 4 rings (SSSR count). The number of nitriles is 1. The monoisotopic (exact) mass is 391 g/mol. The van der Waals surface area contributed by atoms with Crippen molar-refractivity contribution < 1.29 is 27.8 Å². The molecule has 7 nitrogen and oxygen atoms in total. The van der Waals surface area contributed by atoms with Crippen LogP contribution in [0.4, 0.5) is 8.78 Å². The van der Waals surface area contributed by atoms with Crippen LogP contribution in [-0.2, 0) is 11.3 Å². The van der Waals surface area contributed by atoms with Gasteiger partial charge in [-0.15, -0.1) is 20.1 Å². The largest absolute Gasteiger partial charge is 0.586 e. The molecule has 0 saturated heterocycles. The third kappa shape index (κ3) is 2.76. The predicted molar refractivity (Wildman–Crippen MR) is 90.1 cm³/mol. The highest BCUT2D eigenvalue weighted by molar-refractivity contribution is 7.10. The molecule has 0 fully saturated rings. The number of hydrogen-bond donors (Lipinski definition) is 0. The van der Waals surface area contributed by atoms with E-state index in [1.165, 1.54) is 30.6 Å². The number of ether oxygens (including phenoxy) is 3. The molecule has 0 unspecified atom stereocenters. The molecule has 10 heteroatoms. The Morgan fingerprint density at radius 2 is 2.11 bits per heavy atom. The number of fused-ring (bicyclic) bond motifs is 2. The lowest BCUT2D eigenvalue weighted by Crippen LogP contribution is -2.25. The number of rotatable bonds is 3. The summed E-state index contributed by atoms with van der Waals surface area (Å²) in [4.78, 5) is 16.8. The van der Waals surface area contributed by atoms with Crippen LogP contribution in [0.25, 0.3) is 11.0 Å². The lowest BCUT2D eigenvalue weighted by Gasteiger charge is -2.06. The topological polar surface area (TPSA) is 86.4 Å². The van der Waals surface area contributed by atoms with Crippen LogP contribution in [0, 0.1) is 18.3 Å². The van der Waals surface area contributed by atoms with Gasteiger partial charge >= 0.3 is 12.3 Å². The van der Waals surface area contributed by atoms with E-state index in [9.17, 15) is 18.8 Å². The molecule has 1 aliphatic heterocycles. The highest BCUT2D eigenvalue weighted by atomic mass is 32.1. The van der Waals surface area contributed by atoms with Crippen LogP contribution in [0.15, 0.2) is 17.5 Å².